The Balaban J connectivity index is 2.66. The van der Waals surface area contributed by atoms with Crippen molar-refractivity contribution < 1.29 is 9.90 Å². The van der Waals surface area contributed by atoms with Crippen LogP contribution in [0, 0.1) is 5.92 Å². The molecule has 1 aliphatic carbocycles. The van der Waals surface area contributed by atoms with Gasteiger partial charge >= 0.3 is 0 Å². The molecule has 0 spiro atoms. The fraction of sp³-hybridized carbons (Fsp3) is 0.625. The minimum absolute atomic E-state index is 0.108. The highest BCUT2D eigenvalue weighted by atomic mass is 35.5. The lowest BCUT2D eigenvalue weighted by Gasteiger charge is -2.24. The van der Waals surface area contributed by atoms with E-state index in [1.807, 2.05) is 0 Å². The Kier molecular flexibility index (Phi) is 2.94. The van der Waals surface area contributed by atoms with E-state index in [2.05, 4.69) is 0 Å². The Bertz CT molecular complexity index is 177. The first-order chi connectivity index (χ1) is 5.29. The maximum atomic E-state index is 10.4. The molecule has 2 atom stereocenters. The third-order valence-electron chi connectivity index (χ3n) is 2.07. The molecule has 0 bridgehead atoms. The molecule has 0 aromatic heterocycles. The molecule has 1 rings (SSSR count). The van der Waals surface area contributed by atoms with Crippen LogP contribution in [0.15, 0.2) is 11.8 Å². The SMILES string of the molecule is O=CC1CCC/C(=C\O)C1Cl. The minimum atomic E-state index is -0.286. The van der Waals surface area contributed by atoms with E-state index in [1.54, 1.807) is 0 Å². The number of aldehydes is 1. The van der Waals surface area contributed by atoms with Crippen molar-refractivity contribution >= 4 is 17.9 Å². The van der Waals surface area contributed by atoms with Crippen molar-refractivity contribution in [3.63, 3.8) is 0 Å². The number of allylic oxidation sites excluding steroid dienone is 1. The van der Waals surface area contributed by atoms with Crippen LogP contribution in [-0.4, -0.2) is 16.8 Å². The quantitative estimate of drug-likeness (QED) is 0.375. The molecule has 11 heavy (non-hydrogen) atoms. The van der Waals surface area contributed by atoms with Gasteiger partial charge < -0.3 is 9.90 Å². The molecular formula is C8H11ClO2. The Labute approximate surface area is 70.9 Å². The van der Waals surface area contributed by atoms with E-state index in [-0.39, 0.29) is 11.3 Å². The zero-order valence-corrected chi connectivity index (χ0v) is 6.92. The standard InChI is InChI=1S/C8H11ClO2/c9-8-6(4-10)2-1-3-7(8)5-11/h4-6,8,11H,1-3H2/b7-5+. The second-order valence-corrected chi connectivity index (χ2v) is 3.27. The van der Waals surface area contributed by atoms with Crippen LogP contribution in [0.2, 0.25) is 0 Å². The van der Waals surface area contributed by atoms with Gasteiger partial charge in [-0.25, -0.2) is 0 Å². The van der Waals surface area contributed by atoms with Crippen molar-refractivity contribution in [2.75, 3.05) is 0 Å². The number of rotatable bonds is 1. The van der Waals surface area contributed by atoms with E-state index < -0.39 is 0 Å². The van der Waals surface area contributed by atoms with Gasteiger partial charge in [0.05, 0.1) is 11.6 Å². The summed E-state index contributed by atoms with van der Waals surface area (Å²) in [5.41, 5.74) is 0.787. The fourth-order valence-electron chi connectivity index (χ4n) is 1.37. The van der Waals surface area contributed by atoms with Crippen molar-refractivity contribution in [2.45, 2.75) is 24.6 Å². The van der Waals surface area contributed by atoms with Gasteiger partial charge in [-0.05, 0) is 24.8 Å². The van der Waals surface area contributed by atoms with E-state index >= 15 is 0 Å². The van der Waals surface area contributed by atoms with Gasteiger partial charge in [0.1, 0.15) is 6.29 Å². The van der Waals surface area contributed by atoms with Crippen molar-refractivity contribution in [2.24, 2.45) is 5.92 Å². The van der Waals surface area contributed by atoms with Crippen LogP contribution in [0.1, 0.15) is 19.3 Å². The van der Waals surface area contributed by atoms with Gasteiger partial charge in [0.25, 0.3) is 0 Å². The Morgan fingerprint density at radius 1 is 1.64 bits per heavy atom. The van der Waals surface area contributed by atoms with E-state index in [9.17, 15) is 4.79 Å². The van der Waals surface area contributed by atoms with E-state index in [0.29, 0.717) is 0 Å². The van der Waals surface area contributed by atoms with Crippen LogP contribution in [-0.2, 0) is 4.79 Å². The van der Waals surface area contributed by atoms with Gasteiger partial charge in [-0.1, -0.05) is 0 Å². The van der Waals surface area contributed by atoms with Crippen LogP contribution in [0.3, 0.4) is 0 Å². The van der Waals surface area contributed by atoms with Gasteiger partial charge in [0.2, 0.25) is 0 Å². The average molecular weight is 175 g/mol. The summed E-state index contributed by atoms with van der Waals surface area (Å²) in [6.45, 7) is 0. The largest absolute Gasteiger partial charge is 0.516 e. The molecule has 1 saturated carbocycles. The molecule has 0 aromatic carbocycles. The van der Waals surface area contributed by atoms with Crippen molar-refractivity contribution in [3.05, 3.63) is 11.8 Å². The van der Waals surface area contributed by atoms with Crippen LogP contribution in [0.5, 0.6) is 0 Å². The van der Waals surface area contributed by atoms with Gasteiger partial charge in [-0.3, -0.25) is 0 Å². The van der Waals surface area contributed by atoms with E-state index in [0.717, 1.165) is 37.4 Å². The molecule has 0 heterocycles. The first-order valence-corrected chi connectivity index (χ1v) is 4.15. The van der Waals surface area contributed by atoms with Crippen molar-refractivity contribution in [1.82, 2.24) is 0 Å². The Hall–Kier alpha value is -0.500. The van der Waals surface area contributed by atoms with Gasteiger partial charge in [-0.2, -0.15) is 0 Å². The maximum absolute atomic E-state index is 10.4. The summed E-state index contributed by atoms with van der Waals surface area (Å²) < 4.78 is 0. The average Bonchev–Trinajstić information content (AvgIpc) is 2.05. The molecule has 62 valence electrons. The highest BCUT2D eigenvalue weighted by Crippen LogP contribution is 2.31. The Morgan fingerprint density at radius 3 is 2.91 bits per heavy atom. The van der Waals surface area contributed by atoms with Crippen LogP contribution < -0.4 is 0 Å². The summed E-state index contributed by atoms with van der Waals surface area (Å²) >= 11 is 5.89. The summed E-state index contributed by atoms with van der Waals surface area (Å²) in [5.74, 6) is -0.108. The number of halogens is 1. The highest BCUT2D eigenvalue weighted by molar-refractivity contribution is 6.23. The molecule has 1 N–H and O–H groups in total. The fourth-order valence-corrected chi connectivity index (χ4v) is 1.72. The lowest BCUT2D eigenvalue weighted by molar-refractivity contribution is -0.111. The second-order valence-electron chi connectivity index (χ2n) is 2.80. The number of carbonyl (C=O) groups is 1. The van der Waals surface area contributed by atoms with Crippen molar-refractivity contribution in [3.8, 4) is 0 Å². The third-order valence-corrected chi connectivity index (χ3v) is 2.68. The molecular weight excluding hydrogens is 164 g/mol. The summed E-state index contributed by atoms with van der Waals surface area (Å²) in [5, 5.41) is 8.43. The molecule has 1 fully saturated rings. The number of carbonyl (C=O) groups excluding carboxylic acids is 1. The zero-order valence-electron chi connectivity index (χ0n) is 6.16. The summed E-state index contributed by atoms with van der Waals surface area (Å²) in [4.78, 5) is 10.4. The maximum Gasteiger partial charge on any atom is 0.124 e. The number of aliphatic hydroxyl groups is 1. The number of hydrogen-bond acceptors (Lipinski definition) is 2. The van der Waals surface area contributed by atoms with Gasteiger partial charge in [-0.15, -0.1) is 11.6 Å². The first-order valence-electron chi connectivity index (χ1n) is 3.72. The van der Waals surface area contributed by atoms with Gasteiger partial charge in [0.15, 0.2) is 0 Å². The first kappa shape index (κ1) is 8.60. The molecule has 0 aromatic rings. The monoisotopic (exact) mass is 174 g/mol. The lowest BCUT2D eigenvalue weighted by atomic mass is 9.86. The van der Waals surface area contributed by atoms with Crippen molar-refractivity contribution in [1.29, 1.82) is 0 Å². The normalized spacial score (nSPS) is 35.5. The van der Waals surface area contributed by atoms with Crippen LogP contribution >= 0.6 is 11.6 Å². The third kappa shape index (κ3) is 1.74. The topological polar surface area (TPSA) is 37.3 Å². The molecule has 0 amide bonds. The summed E-state index contributed by atoms with van der Waals surface area (Å²) in [6.07, 6.45) is 4.51. The lowest BCUT2D eigenvalue weighted by Crippen LogP contribution is -2.23. The predicted octanol–water partition coefficient (Wildman–Crippen LogP) is 2.03. The molecule has 1 aliphatic rings. The zero-order chi connectivity index (χ0) is 8.27. The molecule has 2 nitrogen and oxygen atoms in total. The summed E-state index contributed by atoms with van der Waals surface area (Å²) in [7, 11) is 0. The second kappa shape index (κ2) is 3.77. The number of aliphatic hydroxyl groups excluding tert-OH is 1. The summed E-state index contributed by atoms with van der Waals surface area (Å²) in [6, 6.07) is 0. The van der Waals surface area contributed by atoms with Crippen LogP contribution in [0.4, 0.5) is 0 Å². The van der Waals surface area contributed by atoms with E-state index in [1.165, 1.54) is 0 Å². The predicted molar refractivity (Wildman–Crippen MR) is 43.8 cm³/mol. The Morgan fingerprint density at radius 2 is 2.36 bits per heavy atom. The smallest absolute Gasteiger partial charge is 0.124 e. The number of hydrogen-bond donors (Lipinski definition) is 1. The molecule has 2 unspecified atom stereocenters. The molecule has 3 heteroatoms. The molecule has 0 aliphatic heterocycles. The van der Waals surface area contributed by atoms with Crippen LogP contribution in [0.25, 0.3) is 0 Å². The number of alkyl halides is 1. The van der Waals surface area contributed by atoms with E-state index in [4.69, 9.17) is 16.7 Å². The molecule has 0 radical (unpaired) electrons. The van der Waals surface area contributed by atoms with Gasteiger partial charge in [0, 0.05) is 5.92 Å². The minimum Gasteiger partial charge on any atom is -0.516 e. The molecule has 0 saturated heterocycles. The highest BCUT2D eigenvalue weighted by Gasteiger charge is 2.26.